The second-order valence-electron chi connectivity index (χ2n) is 6.20. The number of halogens is 6. The van der Waals surface area contributed by atoms with E-state index in [9.17, 15) is 26.3 Å². The molecule has 0 N–H and O–H groups in total. The minimum absolute atomic E-state index is 0.0466. The zero-order valence-electron chi connectivity index (χ0n) is 15.8. The van der Waals surface area contributed by atoms with Gasteiger partial charge in [-0.3, -0.25) is 0 Å². The summed E-state index contributed by atoms with van der Waals surface area (Å²) in [5, 5.41) is 0. The Labute approximate surface area is 163 Å². The zero-order chi connectivity index (χ0) is 21.8. The van der Waals surface area contributed by atoms with Gasteiger partial charge >= 0.3 is 12.4 Å². The van der Waals surface area contributed by atoms with Crippen LogP contribution >= 0.6 is 0 Å². The van der Waals surface area contributed by atoms with Crippen molar-refractivity contribution in [2.45, 2.75) is 39.2 Å². The molecule has 0 unspecified atom stereocenters. The fourth-order valence-electron chi connectivity index (χ4n) is 2.36. The molecule has 0 fully saturated rings. The summed E-state index contributed by atoms with van der Waals surface area (Å²) in [5.41, 5.74) is -0.965. The quantitative estimate of drug-likeness (QED) is 0.560. The first-order valence-electron chi connectivity index (χ1n) is 8.58. The van der Waals surface area contributed by atoms with Crippen molar-refractivity contribution < 1.29 is 35.8 Å². The lowest BCUT2D eigenvalue weighted by molar-refractivity contribution is -0.159. The molecule has 0 atom stereocenters. The first-order valence-corrected chi connectivity index (χ1v) is 8.58. The first-order chi connectivity index (χ1) is 13.4. The van der Waals surface area contributed by atoms with Crippen LogP contribution in [0.1, 0.15) is 26.3 Å². The lowest BCUT2D eigenvalue weighted by atomic mass is 10.2. The second-order valence-corrected chi connectivity index (χ2v) is 6.20. The molecule has 2 rings (SSSR count). The number of aromatic nitrogens is 2. The molecule has 2 aromatic rings. The minimum Gasteiger partial charge on any atom is -0.491 e. The number of hydrogen-bond donors (Lipinski definition) is 0. The van der Waals surface area contributed by atoms with Crippen molar-refractivity contribution in [2.75, 3.05) is 18.1 Å². The summed E-state index contributed by atoms with van der Waals surface area (Å²) in [7, 11) is 0. The standard InChI is InChI=1S/C18H19F6N3O2/c1-4-27(12-5-7-13(8-6-12)29-11(2)3)16-25-9-14(18(22,23)24)15(26-16)28-10-17(19,20)21/h5-9,11H,4,10H2,1-3H3. The number of benzene rings is 1. The van der Waals surface area contributed by atoms with Gasteiger partial charge in [0, 0.05) is 18.4 Å². The third-order valence-corrected chi connectivity index (χ3v) is 3.50. The molecule has 11 heteroatoms. The van der Waals surface area contributed by atoms with Crippen molar-refractivity contribution in [1.29, 1.82) is 0 Å². The molecule has 29 heavy (non-hydrogen) atoms. The first kappa shape index (κ1) is 22.6. The summed E-state index contributed by atoms with van der Waals surface area (Å²) in [6.07, 6.45) is -9.42. The van der Waals surface area contributed by atoms with E-state index in [0.29, 0.717) is 17.6 Å². The van der Waals surface area contributed by atoms with Gasteiger partial charge in [-0.1, -0.05) is 0 Å². The topological polar surface area (TPSA) is 47.5 Å². The SMILES string of the molecule is CCN(c1ccc(OC(C)C)cc1)c1ncc(C(F)(F)F)c(OCC(F)(F)F)n1. The maximum Gasteiger partial charge on any atom is 0.423 e. The lowest BCUT2D eigenvalue weighted by Gasteiger charge is -2.23. The van der Waals surface area contributed by atoms with Crippen molar-refractivity contribution in [3.63, 3.8) is 0 Å². The Kier molecular flexibility index (Phi) is 6.81. The van der Waals surface area contributed by atoms with Crippen LogP contribution in [0, 0.1) is 0 Å². The van der Waals surface area contributed by atoms with E-state index in [1.807, 2.05) is 13.8 Å². The van der Waals surface area contributed by atoms with Crippen LogP contribution in [-0.2, 0) is 6.18 Å². The van der Waals surface area contributed by atoms with Gasteiger partial charge in [-0.05, 0) is 45.0 Å². The van der Waals surface area contributed by atoms with E-state index in [1.165, 1.54) is 4.90 Å². The van der Waals surface area contributed by atoms with E-state index in [1.54, 1.807) is 31.2 Å². The average Bonchev–Trinajstić information content (AvgIpc) is 2.60. The van der Waals surface area contributed by atoms with Crippen LogP contribution in [0.25, 0.3) is 0 Å². The van der Waals surface area contributed by atoms with Crippen molar-refractivity contribution in [3.05, 3.63) is 36.0 Å². The summed E-state index contributed by atoms with van der Waals surface area (Å²) in [5.74, 6) is -0.824. The molecule has 0 aliphatic carbocycles. The highest BCUT2D eigenvalue weighted by atomic mass is 19.4. The largest absolute Gasteiger partial charge is 0.491 e. The Morgan fingerprint density at radius 2 is 1.66 bits per heavy atom. The molecular formula is C18H19F6N3O2. The molecule has 0 amide bonds. The zero-order valence-corrected chi connectivity index (χ0v) is 15.8. The molecule has 5 nitrogen and oxygen atoms in total. The van der Waals surface area contributed by atoms with E-state index >= 15 is 0 Å². The van der Waals surface area contributed by atoms with Crippen LogP contribution in [0.15, 0.2) is 30.5 Å². The summed E-state index contributed by atoms with van der Waals surface area (Å²) >= 11 is 0. The van der Waals surface area contributed by atoms with Crippen LogP contribution in [-0.4, -0.2) is 35.4 Å². The highest BCUT2D eigenvalue weighted by Crippen LogP contribution is 2.37. The van der Waals surface area contributed by atoms with E-state index in [4.69, 9.17) is 4.74 Å². The van der Waals surface area contributed by atoms with Crippen molar-refractivity contribution in [2.24, 2.45) is 0 Å². The van der Waals surface area contributed by atoms with Crippen molar-refractivity contribution in [1.82, 2.24) is 9.97 Å². The third-order valence-electron chi connectivity index (χ3n) is 3.50. The molecule has 1 aromatic heterocycles. The number of nitrogens with zero attached hydrogens (tertiary/aromatic N) is 3. The van der Waals surface area contributed by atoms with E-state index < -0.39 is 30.4 Å². The molecule has 0 aliphatic heterocycles. The van der Waals surface area contributed by atoms with E-state index in [-0.39, 0.29) is 18.6 Å². The Bertz CT molecular complexity index is 807. The number of hydrogen-bond acceptors (Lipinski definition) is 5. The molecule has 0 radical (unpaired) electrons. The number of rotatable bonds is 7. The fourth-order valence-corrected chi connectivity index (χ4v) is 2.36. The maximum absolute atomic E-state index is 13.1. The van der Waals surface area contributed by atoms with Gasteiger partial charge in [0.15, 0.2) is 6.61 Å². The van der Waals surface area contributed by atoms with Crippen LogP contribution in [0.4, 0.5) is 38.0 Å². The van der Waals surface area contributed by atoms with E-state index in [2.05, 4.69) is 14.7 Å². The summed E-state index contributed by atoms with van der Waals surface area (Å²) in [6, 6.07) is 6.59. The molecule has 0 saturated heterocycles. The Morgan fingerprint density at radius 1 is 1.03 bits per heavy atom. The molecule has 0 saturated carbocycles. The van der Waals surface area contributed by atoms with Crippen LogP contribution in [0.2, 0.25) is 0 Å². The highest BCUT2D eigenvalue weighted by molar-refractivity contribution is 5.58. The summed E-state index contributed by atoms with van der Waals surface area (Å²) in [6.45, 7) is 3.74. The fraction of sp³-hybridized carbons (Fsp3) is 0.444. The van der Waals surface area contributed by atoms with Gasteiger partial charge in [-0.15, -0.1) is 0 Å². The highest BCUT2D eigenvalue weighted by Gasteiger charge is 2.38. The maximum atomic E-state index is 13.1. The summed E-state index contributed by atoms with van der Waals surface area (Å²) < 4.78 is 86.3. The van der Waals surface area contributed by atoms with Gasteiger partial charge < -0.3 is 14.4 Å². The van der Waals surface area contributed by atoms with Gasteiger partial charge in [-0.25, -0.2) is 4.98 Å². The molecule has 1 heterocycles. The third kappa shape index (κ3) is 6.40. The number of anilines is 2. The molecule has 0 aliphatic rings. The number of ether oxygens (including phenoxy) is 2. The average molecular weight is 423 g/mol. The second kappa shape index (κ2) is 8.75. The smallest absolute Gasteiger partial charge is 0.423 e. The molecular weight excluding hydrogens is 404 g/mol. The molecule has 0 spiro atoms. The Balaban J connectivity index is 2.37. The Morgan fingerprint density at radius 3 is 2.14 bits per heavy atom. The van der Waals surface area contributed by atoms with Crippen LogP contribution < -0.4 is 14.4 Å². The minimum atomic E-state index is -4.97. The predicted molar refractivity (Wildman–Crippen MR) is 93.5 cm³/mol. The normalized spacial score (nSPS) is 12.2. The van der Waals surface area contributed by atoms with E-state index in [0.717, 1.165) is 0 Å². The van der Waals surface area contributed by atoms with Crippen LogP contribution in [0.3, 0.4) is 0 Å². The van der Waals surface area contributed by atoms with Gasteiger partial charge in [0.25, 0.3) is 0 Å². The van der Waals surface area contributed by atoms with Gasteiger partial charge in [0.2, 0.25) is 11.8 Å². The molecule has 1 aromatic carbocycles. The number of alkyl halides is 6. The lowest BCUT2D eigenvalue weighted by Crippen LogP contribution is -2.24. The molecule has 0 bridgehead atoms. The summed E-state index contributed by atoms with van der Waals surface area (Å²) in [4.78, 5) is 8.70. The van der Waals surface area contributed by atoms with Gasteiger partial charge in [0.05, 0.1) is 6.10 Å². The van der Waals surface area contributed by atoms with Crippen molar-refractivity contribution >= 4 is 11.6 Å². The van der Waals surface area contributed by atoms with Gasteiger partial charge in [0.1, 0.15) is 11.3 Å². The van der Waals surface area contributed by atoms with Crippen LogP contribution in [0.5, 0.6) is 11.6 Å². The predicted octanol–water partition coefficient (Wildman–Crippen LogP) is 5.38. The molecule has 160 valence electrons. The van der Waals surface area contributed by atoms with Gasteiger partial charge in [-0.2, -0.15) is 31.3 Å². The Hall–Kier alpha value is -2.72. The van der Waals surface area contributed by atoms with Crippen molar-refractivity contribution in [3.8, 4) is 11.6 Å². The monoisotopic (exact) mass is 423 g/mol.